The van der Waals surface area contributed by atoms with E-state index in [1.165, 1.54) is 0 Å². The minimum Gasteiger partial charge on any atom is -0.492 e. The van der Waals surface area contributed by atoms with Crippen molar-refractivity contribution in [1.82, 2.24) is 14.7 Å². The molecule has 116 valence electrons. The maximum Gasteiger partial charge on any atom is 0.325 e. The first-order valence-corrected chi connectivity index (χ1v) is 7.24. The molecule has 0 aliphatic carbocycles. The van der Waals surface area contributed by atoms with Gasteiger partial charge in [0.15, 0.2) is 0 Å². The Kier molecular flexibility index (Phi) is 3.85. The Hall–Kier alpha value is -2.34. The minimum atomic E-state index is -0.869. The smallest absolute Gasteiger partial charge is 0.325 e. The summed E-state index contributed by atoms with van der Waals surface area (Å²) in [5, 5.41) is 14.1. The molecule has 1 aliphatic rings. The highest BCUT2D eigenvalue weighted by molar-refractivity contribution is 5.77. The van der Waals surface area contributed by atoms with E-state index in [1.54, 1.807) is 4.68 Å². The lowest BCUT2D eigenvalue weighted by Crippen LogP contribution is -2.35. The third-order valence-electron chi connectivity index (χ3n) is 3.92. The molecule has 0 fully saturated rings. The summed E-state index contributed by atoms with van der Waals surface area (Å²) in [4.78, 5) is 13.7. The molecule has 6 heteroatoms. The second-order valence-corrected chi connectivity index (χ2v) is 5.53. The summed E-state index contributed by atoms with van der Waals surface area (Å²) in [5.41, 5.74) is 2.65. The Morgan fingerprint density at radius 2 is 2.23 bits per heavy atom. The van der Waals surface area contributed by atoms with Gasteiger partial charge in [0.1, 0.15) is 18.4 Å². The van der Waals surface area contributed by atoms with Gasteiger partial charge in [-0.15, -0.1) is 0 Å². The van der Waals surface area contributed by atoms with Crippen molar-refractivity contribution in [2.24, 2.45) is 7.05 Å². The third kappa shape index (κ3) is 2.69. The molecule has 1 aromatic carbocycles. The monoisotopic (exact) mass is 301 g/mol. The number of hydrogen-bond acceptors (Lipinski definition) is 4. The number of para-hydroxylation sites is 1. The summed E-state index contributed by atoms with van der Waals surface area (Å²) in [7, 11) is 1.87. The van der Waals surface area contributed by atoms with E-state index in [2.05, 4.69) is 5.10 Å². The molecule has 0 radical (unpaired) electrons. The Morgan fingerprint density at radius 3 is 2.91 bits per heavy atom. The van der Waals surface area contributed by atoms with Crippen LogP contribution in [0, 0.1) is 6.92 Å². The summed E-state index contributed by atoms with van der Waals surface area (Å²) in [6.07, 6.45) is 1.94. The number of nitrogens with zero attached hydrogens (tertiary/aromatic N) is 3. The van der Waals surface area contributed by atoms with Gasteiger partial charge in [0, 0.05) is 31.9 Å². The quantitative estimate of drug-likeness (QED) is 0.935. The van der Waals surface area contributed by atoms with Gasteiger partial charge in [-0.1, -0.05) is 18.2 Å². The zero-order chi connectivity index (χ0) is 15.7. The van der Waals surface area contributed by atoms with Gasteiger partial charge in [0.05, 0.1) is 5.69 Å². The van der Waals surface area contributed by atoms with Crippen LogP contribution in [0.4, 0.5) is 0 Å². The number of carboxylic acids is 1. The summed E-state index contributed by atoms with van der Waals surface area (Å²) < 4.78 is 7.45. The van der Waals surface area contributed by atoms with Gasteiger partial charge in [-0.25, -0.2) is 0 Å². The fourth-order valence-electron chi connectivity index (χ4n) is 2.90. The van der Waals surface area contributed by atoms with Crippen molar-refractivity contribution in [2.75, 3.05) is 13.2 Å². The highest BCUT2D eigenvalue weighted by Gasteiger charge is 2.32. The normalized spacial score (nSPS) is 18.4. The van der Waals surface area contributed by atoms with Crippen LogP contribution in [0.1, 0.15) is 22.9 Å². The Labute approximate surface area is 128 Å². The van der Waals surface area contributed by atoms with Crippen LogP contribution in [-0.2, 0) is 18.4 Å². The molecule has 2 heterocycles. The molecule has 1 atom stereocenters. The highest BCUT2D eigenvalue weighted by atomic mass is 16.5. The molecule has 1 unspecified atom stereocenters. The molecule has 1 aromatic heterocycles. The van der Waals surface area contributed by atoms with Gasteiger partial charge in [-0.3, -0.25) is 14.4 Å². The topological polar surface area (TPSA) is 67.6 Å². The van der Waals surface area contributed by atoms with E-state index in [-0.39, 0.29) is 0 Å². The number of hydrogen-bond donors (Lipinski definition) is 1. The van der Waals surface area contributed by atoms with Crippen LogP contribution in [0.2, 0.25) is 0 Å². The van der Waals surface area contributed by atoms with Crippen LogP contribution >= 0.6 is 0 Å². The van der Waals surface area contributed by atoms with Crippen LogP contribution in [-0.4, -0.2) is 38.9 Å². The molecular formula is C16H19N3O3. The summed E-state index contributed by atoms with van der Waals surface area (Å²) in [6.45, 7) is 3.48. The predicted molar refractivity (Wildman–Crippen MR) is 80.7 cm³/mol. The van der Waals surface area contributed by atoms with Crippen molar-refractivity contribution < 1.29 is 14.6 Å². The molecule has 0 saturated heterocycles. The molecule has 1 N–H and O–H groups in total. The molecule has 0 spiro atoms. The average Bonchev–Trinajstić information content (AvgIpc) is 2.69. The van der Waals surface area contributed by atoms with Crippen LogP contribution in [0.5, 0.6) is 5.75 Å². The minimum absolute atomic E-state index is 0.465. The summed E-state index contributed by atoms with van der Waals surface area (Å²) in [6, 6.07) is 6.61. The number of benzene rings is 1. The van der Waals surface area contributed by atoms with Gasteiger partial charge >= 0.3 is 5.97 Å². The van der Waals surface area contributed by atoms with Crippen molar-refractivity contribution in [3.63, 3.8) is 0 Å². The van der Waals surface area contributed by atoms with E-state index in [0.717, 1.165) is 11.3 Å². The zero-order valence-corrected chi connectivity index (χ0v) is 12.7. The SMILES string of the molecule is Cc1cn(C)nc1CN1CCOc2ccccc2C1C(=O)O. The van der Waals surface area contributed by atoms with Crippen molar-refractivity contribution in [3.05, 3.63) is 47.3 Å². The molecule has 0 saturated carbocycles. The number of rotatable bonds is 3. The van der Waals surface area contributed by atoms with Gasteiger partial charge in [-0.05, 0) is 18.6 Å². The number of carbonyl (C=O) groups is 1. The second-order valence-electron chi connectivity index (χ2n) is 5.53. The van der Waals surface area contributed by atoms with E-state index >= 15 is 0 Å². The van der Waals surface area contributed by atoms with Crippen molar-refractivity contribution >= 4 is 5.97 Å². The van der Waals surface area contributed by atoms with Crippen LogP contribution in [0.3, 0.4) is 0 Å². The zero-order valence-electron chi connectivity index (χ0n) is 12.7. The van der Waals surface area contributed by atoms with Crippen molar-refractivity contribution in [3.8, 4) is 5.75 Å². The third-order valence-corrected chi connectivity index (χ3v) is 3.92. The first-order valence-electron chi connectivity index (χ1n) is 7.24. The van der Waals surface area contributed by atoms with E-state index in [0.29, 0.717) is 31.0 Å². The lowest BCUT2D eigenvalue weighted by Gasteiger charge is -2.26. The molecule has 3 rings (SSSR count). The largest absolute Gasteiger partial charge is 0.492 e. The number of carboxylic acid groups (broad SMARTS) is 1. The lowest BCUT2D eigenvalue weighted by molar-refractivity contribution is -0.143. The number of aromatic nitrogens is 2. The Morgan fingerprint density at radius 1 is 1.45 bits per heavy atom. The van der Waals surface area contributed by atoms with Crippen LogP contribution in [0.15, 0.2) is 30.5 Å². The van der Waals surface area contributed by atoms with E-state index in [9.17, 15) is 9.90 Å². The van der Waals surface area contributed by atoms with Crippen LogP contribution < -0.4 is 4.74 Å². The van der Waals surface area contributed by atoms with Gasteiger partial charge in [-0.2, -0.15) is 5.10 Å². The fourth-order valence-corrected chi connectivity index (χ4v) is 2.90. The molecular weight excluding hydrogens is 282 g/mol. The molecule has 6 nitrogen and oxygen atoms in total. The molecule has 1 aliphatic heterocycles. The maximum atomic E-state index is 11.8. The van der Waals surface area contributed by atoms with E-state index in [1.807, 2.05) is 49.3 Å². The van der Waals surface area contributed by atoms with Crippen LogP contribution in [0.25, 0.3) is 0 Å². The second kappa shape index (κ2) is 5.81. The van der Waals surface area contributed by atoms with Crippen molar-refractivity contribution in [2.45, 2.75) is 19.5 Å². The van der Waals surface area contributed by atoms with E-state index < -0.39 is 12.0 Å². The molecule has 0 bridgehead atoms. The lowest BCUT2D eigenvalue weighted by atomic mass is 10.0. The maximum absolute atomic E-state index is 11.8. The van der Waals surface area contributed by atoms with E-state index in [4.69, 9.17) is 4.74 Å². The average molecular weight is 301 g/mol. The number of fused-ring (bicyclic) bond motifs is 1. The number of aliphatic carboxylic acids is 1. The van der Waals surface area contributed by atoms with Crippen molar-refractivity contribution in [1.29, 1.82) is 0 Å². The Bertz CT molecular complexity index is 696. The number of ether oxygens (including phenoxy) is 1. The first-order chi connectivity index (χ1) is 10.6. The van der Waals surface area contributed by atoms with Gasteiger partial charge < -0.3 is 9.84 Å². The van der Waals surface area contributed by atoms with Gasteiger partial charge in [0.2, 0.25) is 0 Å². The fraction of sp³-hybridized carbons (Fsp3) is 0.375. The summed E-state index contributed by atoms with van der Waals surface area (Å²) >= 11 is 0. The first kappa shape index (κ1) is 14.6. The highest BCUT2D eigenvalue weighted by Crippen LogP contribution is 2.33. The molecule has 2 aromatic rings. The predicted octanol–water partition coefficient (Wildman–Crippen LogP) is 1.75. The standard InChI is InChI=1S/C16H19N3O3/c1-11-9-18(2)17-13(11)10-19-7-8-22-14-6-4-3-5-12(14)15(19)16(20)21/h3-6,9,15H,7-8,10H2,1-2H3,(H,20,21). The van der Waals surface area contributed by atoms with Gasteiger partial charge in [0.25, 0.3) is 0 Å². The molecule has 22 heavy (non-hydrogen) atoms. The summed E-state index contributed by atoms with van der Waals surface area (Å²) in [5.74, 6) is -0.221. The molecule has 0 amide bonds. The Balaban J connectivity index is 1.96. The number of aryl methyl sites for hydroxylation is 2.